The van der Waals surface area contributed by atoms with E-state index in [2.05, 4.69) is 10.3 Å². The standard InChI is InChI=1S/C16H16Cl3F4N3S/c1-2-4-26(5-3-20)8-12-14(16(21,22)23)25-15(27-12)24-13-10(18)6-9(17)7-11(13)19/h6-7H,2-5,8H2,1H3,(H,24,25). The summed E-state index contributed by atoms with van der Waals surface area (Å²) in [7, 11) is 0. The van der Waals surface area contributed by atoms with Crippen LogP contribution in [0.15, 0.2) is 12.1 Å². The first-order valence-electron chi connectivity index (χ1n) is 7.92. The van der Waals surface area contributed by atoms with Gasteiger partial charge in [-0.1, -0.05) is 53.1 Å². The molecule has 3 nitrogen and oxygen atoms in total. The summed E-state index contributed by atoms with van der Waals surface area (Å²) < 4.78 is 52.9. The van der Waals surface area contributed by atoms with Crippen molar-refractivity contribution in [1.29, 1.82) is 0 Å². The largest absolute Gasteiger partial charge is 0.434 e. The number of nitrogens with zero attached hydrogens (tertiary/aromatic N) is 2. The van der Waals surface area contributed by atoms with E-state index in [1.807, 2.05) is 6.92 Å². The van der Waals surface area contributed by atoms with E-state index in [0.29, 0.717) is 18.0 Å². The predicted molar refractivity (Wildman–Crippen MR) is 103 cm³/mol. The Morgan fingerprint density at radius 1 is 1.15 bits per heavy atom. The summed E-state index contributed by atoms with van der Waals surface area (Å²) in [6.07, 6.45) is -3.94. The molecular weight excluding hydrogens is 449 g/mol. The minimum atomic E-state index is -4.63. The van der Waals surface area contributed by atoms with Crippen LogP contribution in [0.2, 0.25) is 15.1 Å². The van der Waals surface area contributed by atoms with Gasteiger partial charge in [0.05, 0.1) is 20.6 Å². The Kier molecular flexibility index (Phi) is 8.00. The first-order valence-corrected chi connectivity index (χ1v) is 9.87. The number of benzene rings is 1. The monoisotopic (exact) mass is 463 g/mol. The van der Waals surface area contributed by atoms with Crippen LogP contribution in [0, 0.1) is 0 Å². The number of aromatic nitrogens is 1. The van der Waals surface area contributed by atoms with Gasteiger partial charge in [-0.15, -0.1) is 0 Å². The summed E-state index contributed by atoms with van der Waals surface area (Å²) in [5.74, 6) is 0. The van der Waals surface area contributed by atoms with Gasteiger partial charge in [0.25, 0.3) is 0 Å². The average Bonchev–Trinajstić information content (AvgIpc) is 2.94. The molecule has 0 unspecified atom stereocenters. The molecule has 0 radical (unpaired) electrons. The third-order valence-corrected chi connectivity index (χ3v) is 5.28. The molecule has 0 saturated heterocycles. The van der Waals surface area contributed by atoms with Crippen molar-refractivity contribution in [1.82, 2.24) is 9.88 Å². The Labute approximate surface area is 173 Å². The molecule has 1 heterocycles. The third-order valence-electron chi connectivity index (χ3n) is 3.51. The Balaban J connectivity index is 2.35. The number of nitrogens with one attached hydrogen (secondary N) is 1. The van der Waals surface area contributed by atoms with Gasteiger partial charge >= 0.3 is 6.18 Å². The molecule has 0 amide bonds. The molecule has 0 bridgehead atoms. The second-order valence-electron chi connectivity index (χ2n) is 5.62. The second-order valence-corrected chi connectivity index (χ2v) is 7.96. The molecule has 0 atom stereocenters. The topological polar surface area (TPSA) is 28.2 Å². The zero-order valence-electron chi connectivity index (χ0n) is 14.1. The van der Waals surface area contributed by atoms with Gasteiger partial charge in [-0.25, -0.2) is 9.37 Å². The molecule has 0 aliphatic carbocycles. The first kappa shape index (κ1) is 22.5. The maximum atomic E-state index is 13.4. The Morgan fingerprint density at radius 3 is 2.30 bits per heavy atom. The first-order chi connectivity index (χ1) is 12.7. The van der Waals surface area contributed by atoms with Crippen molar-refractivity contribution in [3.8, 4) is 0 Å². The molecule has 0 fully saturated rings. The zero-order valence-corrected chi connectivity index (χ0v) is 17.2. The molecule has 0 aliphatic heterocycles. The lowest BCUT2D eigenvalue weighted by atomic mass is 10.3. The molecule has 1 aromatic heterocycles. The van der Waals surface area contributed by atoms with E-state index < -0.39 is 18.5 Å². The van der Waals surface area contributed by atoms with Crippen molar-refractivity contribution < 1.29 is 17.6 Å². The molecule has 150 valence electrons. The van der Waals surface area contributed by atoms with E-state index in [-0.39, 0.29) is 38.8 Å². The van der Waals surface area contributed by atoms with Crippen LogP contribution >= 0.6 is 46.1 Å². The van der Waals surface area contributed by atoms with Gasteiger partial charge < -0.3 is 5.32 Å². The van der Waals surface area contributed by atoms with E-state index in [4.69, 9.17) is 34.8 Å². The highest BCUT2D eigenvalue weighted by Gasteiger charge is 2.38. The second kappa shape index (κ2) is 9.60. The molecule has 1 aromatic carbocycles. The van der Waals surface area contributed by atoms with Crippen LogP contribution in [-0.2, 0) is 12.7 Å². The number of hydrogen-bond donors (Lipinski definition) is 1. The summed E-state index contributed by atoms with van der Waals surface area (Å²) in [5.41, 5.74) is -0.790. The van der Waals surface area contributed by atoms with Crippen molar-refractivity contribution in [2.45, 2.75) is 26.1 Å². The van der Waals surface area contributed by atoms with Crippen molar-refractivity contribution in [2.24, 2.45) is 0 Å². The number of rotatable bonds is 8. The highest BCUT2D eigenvalue weighted by Crippen LogP contribution is 2.40. The predicted octanol–water partition coefficient (Wildman–Crippen LogP) is 7.05. The lowest BCUT2D eigenvalue weighted by molar-refractivity contribution is -0.141. The van der Waals surface area contributed by atoms with E-state index in [9.17, 15) is 17.6 Å². The molecule has 27 heavy (non-hydrogen) atoms. The Hall–Kier alpha value is -0.800. The van der Waals surface area contributed by atoms with Crippen LogP contribution in [0.25, 0.3) is 0 Å². The van der Waals surface area contributed by atoms with Crippen molar-refractivity contribution in [2.75, 3.05) is 25.1 Å². The number of alkyl halides is 4. The molecule has 0 aliphatic rings. The number of halogens is 7. The van der Waals surface area contributed by atoms with Crippen LogP contribution in [0.3, 0.4) is 0 Å². The van der Waals surface area contributed by atoms with Crippen LogP contribution in [0.5, 0.6) is 0 Å². The number of thiazole rings is 1. The minimum Gasteiger partial charge on any atom is -0.329 e. The summed E-state index contributed by atoms with van der Waals surface area (Å²) in [6.45, 7) is 1.73. The fraction of sp³-hybridized carbons (Fsp3) is 0.438. The van der Waals surface area contributed by atoms with Gasteiger partial charge in [-0.3, -0.25) is 4.90 Å². The van der Waals surface area contributed by atoms with E-state index >= 15 is 0 Å². The summed E-state index contributed by atoms with van der Waals surface area (Å²) in [4.78, 5) is 5.28. The quantitative estimate of drug-likeness (QED) is 0.424. The molecule has 0 saturated carbocycles. The maximum absolute atomic E-state index is 13.4. The SMILES string of the molecule is CCCN(CCF)Cc1sc(Nc2c(Cl)cc(Cl)cc2Cl)nc1C(F)(F)F. The number of anilines is 2. The molecule has 1 N–H and O–H groups in total. The van der Waals surface area contributed by atoms with Gasteiger partial charge in [0, 0.05) is 18.1 Å². The average molecular weight is 465 g/mol. The summed E-state index contributed by atoms with van der Waals surface area (Å²) in [5, 5.41) is 3.33. The highest BCUT2D eigenvalue weighted by atomic mass is 35.5. The van der Waals surface area contributed by atoms with Crippen molar-refractivity contribution in [3.05, 3.63) is 37.8 Å². The molecule has 11 heteroatoms. The van der Waals surface area contributed by atoms with Gasteiger partial charge in [-0.05, 0) is 25.1 Å². The minimum absolute atomic E-state index is 0.00638. The van der Waals surface area contributed by atoms with Crippen molar-refractivity contribution in [3.63, 3.8) is 0 Å². The lowest BCUT2D eigenvalue weighted by Crippen LogP contribution is -2.27. The summed E-state index contributed by atoms with van der Waals surface area (Å²) >= 11 is 18.8. The Morgan fingerprint density at radius 2 is 1.78 bits per heavy atom. The zero-order chi connectivity index (χ0) is 20.2. The van der Waals surface area contributed by atoms with Crippen LogP contribution in [0.4, 0.5) is 28.4 Å². The van der Waals surface area contributed by atoms with Crippen molar-refractivity contribution >= 4 is 57.0 Å². The third kappa shape index (κ3) is 6.09. The van der Waals surface area contributed by atoms with Crippen LogP contribution in [0.1, 0.15) is 23.9 Å². The molecule has 2 rings (SSSR count). The lowest BCUT2D eigenvalue weighted by Gasteiger charge is -2.19. The fourth-order valence-electron chi connectivity index (χ4n) is 2.41. The normalized spacial score (nSPS) is 12.0. The summed E-state index contributed by atoms with van der Waals surface area (Å²) in [6, 6.07) is 2.83. The van der Waals surface area contributed by atoms with E-state index in [0.717, 1.165) is 11.3 Å². The van der Waals surface area contributed by atoms with Crippen LogP contribution in [-0.4, -0.2) is 29.6 Å². The Bertz CT molecular complexity index is 754. The van der Waals surface area contributed by atoms with Gasteiger partial charge in [0.2, 0.25) is 0 Å². The maximum Gasteiger partial charge on any atom is 0.434 e. The van der Waals surface area contributed by atoms with Gasteiger partial charge in [0.15, 0.2) is 10.8 Å². The molecular formula is C16H16Cl3F4N3S. The van der Waals surface area contributed by atoms with E-state index in [1.54, 1.807) is 4.90 Å². The van der Waals surface area contributed by atoms with Gasteiger partial charge in [-0.2, -0.15) is 13.2 Å². The van der Waals surface area contributed by atoms with E-state index in [1.165, 1.54) is 12.1 Å². The van der Waals surface area contributed by atoms with Crippen LogP contribution < -0.4 is 5.32 Å². The number of hydrogen-bond acceptors (Lipinski definition) is 4. The molecule has 0 spiro atoms. The molecule has 2 aromatic rings. The smallest absolute Gasteiger partial charge is 0.329 e. The fourth-order valence-corrected chi connectivity index (χ4v) is 4.35. The highest BCUT2D eigenvalue weighted by molar-refractivity contribution is 7.15. The van der Waals surface area contributed by atoms with Gasteiger partial charge in [0.1, 0.15) is 6.67 Å².